The molecule has 4 atom stereocenters. The van der Waals surface area contributed by atoms with E-state index in [1.54, 1.807) is 0 Å². The van der Waals surface area contributed by atoms with Gasteiger partial charge in [-0.2, -0.15) is 0 Å². The fourth-order valence-electron chi connectivity index (χ4n) is 0.652. The van der Waals surface area contributed by atoms with Gasteiger partial charge in [0.15, 0.2) is 0 Å². The molecule has 0 spiro atoms. The first-order valence-corrected chi connectivity index (χ1v) is 3.43. The van der Waals surface area contributed by atoms with Crippen LogP contribution in [0.25, 0.3) is 0 Å². The first-order valence-electron chi connectivity index (χ1n) is 3.43. The number of carbonyl (C=O) groups is 2. The molecule has 82 valence electrons. The predicted octanol–water partition coefficient (Wildman–Crippen LogP) is -12.1. The summed E-state index contributed by atoms with van der Waals surface area (Å²) in [5, 5.41) is 54.7. The third-order valence-corrected chi connectivity index (χ3v) is 1.48. The van der Waals surface area contributed by atoms with Gasteiger partial charge in [-0.05, 0) is 0 Å². The van der Waals surface area contributed by atoms with E-state index in [2.05, 4.69) is 0 Å². The summed E-state index contributed by atoms with van der Waals surface area (Å²) in [6.07, 6.45) is -9.76. The van der Waals surface area contributed by atoms with Crippen molar-refractivity contribution in [2.75, 3.05) is 0 Å². The number of carbonyl (C=O) groups excluding carboxylic acids is 2. The average molecular weight is 270 g/mol. The SMILES string of the molecule is O=C([O-])[C@@H](O)[C@H](O)[C@H](O)[C@@H](O)C(=O)[O-].[K+].[Na+]. The Hall–Kier alpha value is 1.42. The zero-order valence-corrected chi connectivity index (χ0v) is 13.9. The van der Waals surface area contributed by atoms with Crippen molar-refractivity contribution in [1.82, 2.24) is 0 Å². The minimum Gasteiger partial charge on any atom is -0.547 e. The largest absolute Gasteiger partial charge is 1.00 e. The number of carboxylic acids is 2. The first-order chi connectivity index (χ1) is 6.29. The van der Waals surface area contributed by atoms with Gasteiger partial charge in [0, 0.05) is 0 Å². The Morgan fingerprint density at radius 1 is 0.812 bits per heavy atom. The molecular weight excluding hydrogens is 262 g/mol. The van der Waals surface area contributed by atoms with E-state index in [1.165, 1.54) is 0 Å². The maximum atomic E-state index is 9.96. The fourth-order valence-corrected chi connectivity index (χ4v) is 0.652. The summed E-state index contributed by atoms with van der Waals surface area (Å²) in [5.41, 5.74) is 0. The van der Waals surface area contributed by atoms with E-state index in [1.807, 2.05) is 0 Å². The molecule has 0 aromatic carbocycles. The van der Waals surface area contributed by atoms with E-state index < -0.39 is 36.4 Å². The average Bonchev–Trinajstić information content (AvgIpc) is 2.12. The van der Waals surface area contributed by atoms with Crippen LogP contribution in [0.2, 0.25) is 0 Å². The second kappa shape index (κ2) is 10.3. The number of hydrogen-bond acceptors (Lipinski definition) is 8. The van der Waals surface area contributed by atoms with Crippen molar-refractivity contribution in [3.05, 3.63) is 0 Å². The summed E-state index contributed by atoms with van der Waals surface area (Å²) in [5.74, 6) is -4.22. The Balaban J connectivity index is -0.000000845. The molecule has 8 nitrogen and oxygen atoms in total. The molecule has 4 N–H and O–H groups in total. The van der Waals surface area contributed by atoms with Crippen LogP contribution in [-0.4, -0.2) is 56.8 Å². The van der Waals surface area contributed by atoms with E-state index in [-0.39, 0.29) is 80.9 Å². The number of hydrogen-bond donors (Lipinski definition) is 4. The van der Waals surface area contributed by atoms with Crippen LogP contribution in [0.1, 0.15) is 0 Å². The van der Waals surface area contributed by atoms with Gasteiger partial charge in [-0.3, -0.25) is 0 Å². The number of aliphatic hydroxyl groups is 4. The Bertz CT molecular complexity index is 213. The van der Waals surface area contributed by atoms with Crippen molar-refractivity contribution >= 4 is 11.9 Å². The normalized spacial score (nSPS) is 17.0. The second-order valence-corrected chi connectivity index (χ2v) is 2.51. The van der Waals surface area contributed by atoms with Crippen molar-refractivity contribution in [3.8, 4) is 0 Å². The van der Waals surface area contributed by atoms with E-state index in [0.29, 0.717) is 0 Å². The Kier molecular flexibility index (Phi) is 14.6. The molecule has 0 bridgehead atoms. The monoisotopic (exact) mass is 270 g/mol. The van der Waals surface area contributed by atoms with Crippen LogP contribution in [0, 0.1) is 0 Å². The summed E-state index contributed by atoms with van der Waals surface area (Å²) < 4.78 is 0. The predicted molar refractivity (Wildman–Crippen MR) is 34.0 cm³/mol. The molecular formula is C6H8KNaO8. The smallest absolute Gasteiger partial charge is 0.547 e. The molecule has 0 saturated heterocycles. The molecule has 10 heteroatoms. The van der Waals surface area contributed by atoms with Crippen LogP contribution in [0.15, 0.2) is 0 Å². The Labute approximate surface area is 155 Å². The topological polar surface area (TPSA) is 161 Å². The molecule has 0 unspecified atom stereocenters. The van der Waals surface area contributed by atoms with Crippen LogP contribution in [0.4, 0.5) is 0 Å². The number of aliphatic carboxylic acids is 2. The molecule has 0 heterocycles. The maximum Gasteiger partial charge on any atom is 1.00 e. The molecule has 0 saturated carbocycles. The summed E-state index contributed by atoms with van der Waals surface area (Å²) in [6, 6.07) is 0. The summed E-state index contributed by atoms with van der Waals surface area (Å²) >= 11 is 0. The molecule has 16 heavy (non-hydrogen) atoms. The van der Waals surface area contributed by atoms with Crippen molar-refractivity contribution in [2.24, 2.45) is 0 Å². The van der Waals surface area contributed by atoms with Gasteiger partial charge >= 0.3 is 80.9 Å². The van der Waals surface area contributed by atoms with Gasteiger partial charge in [-0.1, -0.05) is 0 Å². The third kappa shape index (κ3) is 6.99. The first kappa shape index (κ1) is 22.6. The van der Waals surface area contributed by atoms with Crippen LogP contribution in [0.3, 0.4) is 0 Å². The van der Waals surface area contributed by atoms with Crippen LogP contribution < -0.4 is 91.2 Å². The second-order valence-electron chi connectivity index (χ2n) is 2.51. The third-order valence-electron chi connectivity index (χ3n) is 1.48. The minimum absolute atomic E-state index is 0. The van der Waals surface area contributed by atoms with E-state index in [4.69, 9.17) is 20.4 Å². The van der Waals surface area contributed by atoms with Gasteiger partial charge in [0.2, 0.25) is 0 Å². The van der Waals surface area contributed by atoms with Crippen LogP contribution in [0.5, 0.6) is 0 Å². The Morgan fingerprint density at radius 3 is 1.12 bits per heavy atom. The number of rotatable bonds is 5. The molecule has 0 aromatic rings. The zero-order chi connectivity index (χ0) is 11.5. The Morgan fingerprint density at radius 2 is 1.00 bits per heavy atom. The summed E-state index contributed by atoms with van der Waals surface area (Å²) in [4.78, 5) is 19.9. The van der Waals surface area contributed by atoms with Crippen molar-refractivity contribution < 1.29 is 121 Å². The van der Waals surface area contributed by atoms with E-state index in [9.17, 15) is 19.8 Å². The molecule has 0 aliphatic carbocycles. The number of aliphatic hydroxyl groups excluding tert-OH is 4. The van der Waals surface area contributed by atoms with Crippen LogP contribution >= 0.6 is 0 Å². The van der Waals surface area contributed by atoms with Crippen molar-refractivity contribution in [2.45, 2.75) is 24.4 Å². The van der Waals surface area contributed by atoms with Gasteiger partial charge in [-0.15, -0.1) is 0 Å². The van der Waals surface area contributed by atoms with Gasteiger partial charge in [-0.25, -0.2) is 0 Å². The molecule has 0 aliphatic heterocycles. The van der Waals surface area contributed by atoms with Crippen molar-refractivity contribution in [3.63, 3.8) is 0 Å². The van der Waals surface area contributed by atoms with Gasteiger partial charge < -0.3 is 40.2 Å². The van der Waals surface area contributed by atoms with Gasteiger partial charge in [0.25, 0.3) is 0 Å². The fraction of sp³-hybridized carbons (Fsp3) is 0.667. The molecule has 0 amide bonds. The van der Waals surface area contributed by atoms with Crippen molar-refractivity contribution in [1.29, 1.82) is 0 Å². The van der Waals surface area contributed by atoms with Gasteiger partial charge in [0.05, 0.1) is 11.9 Å². The minimum atomic E-state index is -2.50. The quantitative estimate of drug-likeness (QED) is 0.358. The maximum absolute atomic E-state index is 9.96. The standard InChI is InChI=1S/C6H10O8.K.Na/c7-1(3(9)5(11)12)2(8)4(10)6(13)14;;/h1-4,7-10H,(H,11,12)(H,13,14);;/q;2*+1/p-2/t1-,2+,3+,4-;;. The molecule has 0 fully saturated rings. The number of carboxylic acid groups (broad SMARTS) is 2. The summed E-state index contributed by atoms with van der Waals surface area (Å²) in [6.45, 7) is 0. The molecule has 0 rings (SSSR count). The zero-order valence-electron chi connectivity index (χ0n) is 8.73. The van der Waals surface area contributed by atoms with Crippen LogP contribution in [-0.2, 0) is 9.59 Å². The molecule has 0 aromatic heterocycles. The van der Waals surface area contributed by atoms with E-state index >= 15 is 0 Å². The molecule has 0 radical (unpaired) electrons. The summed E-state index contributed by atoms with van der Waals surface area (Å²) in [7, 11) is 0. The molecule has 0 aliphatic rings. The van der Waals surface area contributed by atoms with Gasteiger partial charge in [0.1, 0.15) is 24.4 Å². The van der Waals surface area contributed by atoms with E-state index in [0.717, 1.165) is 0 Å².